The predicted molar refractivity (Wildman–Crippen MR) is 97.4 cm³/mol. The lowest BCUT2D eigenvalue weighted by Crippen LogP contribution is -2.49. The maximum atomic E-state index is 12.8. The quantitative estimate of drug-likeness (QED) is 0.549. The Labute approximate surface area is 156 Å². The standard InChI is InChI=1S/C16H19N5O5S/c1-12-17-15(11-16(18-12)26-2)19-6-8-20(9-7-19)27(24,25)14-5-3-4-13(10-14)21(22)23/h3-5,10-11H,6-9H2,1-2H3. The fourth-order valence-electron chi connectivity index (χ4n) is 2.86. The van der Waals surface area contributed by atoms with E-state index in [-0.39, 0.29) is 23.7 Å². The first-order valence-corrected chi connectivity index (χ1v) is 9.64. The van der Waals surface area contributed by atoms with Crippen molar-refractivity contribution in [1.82, 2.24) is 14.3 Å². The summed E-state index contributed by atoms with van der Waals surface area (Å²) in [6, 6.07) is 6.80. The van der Waals surface area contributed by atoms with Crippen molar-refractivity contribution in [2.24, 2.45) is 0 Å². The number of hydrogen-bond acceptors (Lipinski definition) is 8. The lowest BCUT2D eigenvalue weighted by molar-refractivity contribution is -0.385. The number of piperazine rings is 1. The second kappa shape index (κ2) is 7.45. The van der Waals surface area contributed by atoms with Gasteiger partial charge in [0.05, 0.1) is 16.9 Å². The van der Waals surface area contributed by atoms with Crippen LogP contribution in [0.1, 0.15) is 5.82 Å². The van der Waals surface area contributed by atoms with Crippen LogP contribution in [-0.2, 0) is 10.0 Å². The van der Waals surface area contributed by atoms with Crippen LogP contribution in [0.5, 0.6) is 5.88 Å². The van der Waals surface area contributed by atoms with Gasteiger partial charge in [-0.2, -0.15) is 9.29 Å². The van der Waals surface area contributed by atoms with Gasteiger partial charge in [-0.3, -0.25) is 10.1 Å². The number of nitrogens with zero attached hydrogens (tertiary/aromatic N) is 5. The van der Waals surface area contributed by atoms with E-state index in [1.165, 1.54) is 29.6 Å². The number of sulfonamides is 1. The molecule has 10 nitrogen and oxygen atoms in total. The zero-order valence-corrected chi connectivity index (χ0v) is 15.7. The van der Waals surface area contributed by atoms with Crippen LogP contribution in [0.3, 0.4) is 0 Å². The Kier molecular flexibility index (Phi) is 5.24. The summed E-state index contributed by atoms with van der Waals surface area (Å²) >= 11 is 0. The van der Waals surface area contributed by atoms with E-state index in [1.807, 2.05) is 4.90 Å². The van der Waals surface area contributed by atoms with Crippen molar-refractivity contribution < 1.29 is 18.1 Å². The summed E-state index contributed by atoms with van der Waals surface area (Å²) in [7, 11) is -2.28. The molecule has 3 rings (SSSR count). The third kappa shape index (κ3) is 3.98. The Morgan fingerprint density at radius 1 is 1.15 bits per heavy atom. The van der Waals surface area contributed by atoms with E-state index in [1.54, 1.807) is 13.0 Å². The molecule has 1 aliphatic heterocycles. The molecule has 0 amide bonds. The van der Waals surface area contributed by atoms with Crippen LogP contribution in [0.15, 0.2) is 35.2 Å². The van der Waals surface area contributed by atoms with Crippen molar-refractivity contribution in [2.45, 2.75) is 11.8 Å². The SMILES string of the molecule is COc1cc(N2CCN(S(=O)(=O)c3cccc([N+](=O)[O-])c3)CC2)nc(C)n1. The summed E-state index contributed by atoms with van der Waals surface area (Å²) in [6.07, 6.45) is 0. The van der Waals surface area contributed by atoms with Crippen molar-refractivity contribution in [1.29, 1.82) is 0 Å². The molecule has 0 bridgehead atoms. The van der Waals surface area contributed by atoms with Crippen molar-refractivity contribution >= 4 is 21.5 Å². The van der Waals surface area contributed by atoms with E-state index < -0.39 is 14.9 Å². The third-order valence-corrected chi connectivity index (χ3v) is 6.13. The minimum Gasteiger partial charge on any atom is -0.481 e. The maximum Gasteiger partial charge on any atom is 0.270 e. The van der Waals surface area contributed by atoms with E-state index >= 15 is 0 Å². The van der Waals surface area contributed by atoms with Gasteiger partial charge in [-0.15, -0.1) is 0 Å². The number of benzene rings is 1. The second-order valence-corrected chi connectivity index (χ2v) is 7.90. The topological polar surface area (TPSA) is 119 Å². The number of nitro benzene ring substituents is 1. The molecule has 0 saturated carbocycles. The highest BCUT2D eigenvalue weighted by atomic mass is 32.2. The number of aryl methyl sites for hydroxylation is 1. The lowest BCUT2D eigenvalue weighted by Gasteiger charge is -2.34. The summed E-state index contributed by atoms with van der Waals surface area (Å²) in [5, 5.41) is 10.9. The molecule has 144 valence electrons. The molecule has 0 atom stereocenters. The first-order valence-electron chi connectivity index (χ1n) is 8.20. The van der Waals surface area contributed by atoms with Crippen molar-refractivity contribution in [2.75, 3.05) is 38.2 Å². The summed E-state index contributed by atoms with van der Waals surface area (Å²) in [5.41, 5.74) is -0.252. The average Bonchev–Trinajstić information content (AvgIpc) is 2.67. The molecular formula is C16H19N5O5S. The van der Waals surface area contributed by atoms with Crippen LogP contribution in [0, 0.1) is 17.0 Å². The molecule has 1 aliphatic rings. The summed E-state index contributed by atoms with van der Waals surface area (Å²) < 4.78 is 32.1. The Hall–Kier alpha value is -2.79. The van der Waals surface area contributed by atoms with E-state index in [2.05, 4.69) is 9.97 Å². The monoisotopic (exact) mass is 393 g/mol. The first kappa shape index (κ1) is 19.0. The molecule has 2 aromatic rings. The molecule has 0 unspecified atom stereocenters. The molecule has 2 heterocycles. The van der Waals surface area contributed by atoms with Gasteiger partial charge >= 0.3 is 0 Å². The number of methoxy groups -OCH3 is 1. The molecule has 0 radical (unpaired) electrons. The molecule has 1 aromatic heterocycles. The van der Waals surface area contributed by atoms with Crippen LogP contribution in [0.2, 0.25) is 0 Å². The van der Waals surface area contributed by atoms with Gasteiger partial charge in [0.1, 0.15) is 11.6 Å². The highest BCUT2D eigenvalue weighted by Gasteiger charge is 2.30. The maximum absolute atomic E-state index is 12.8. The van der Waals surface area contributed by atoms with E-state index in [0.29, 0.717) is 30.6 Å². The zero-order chi connectivity index (χ0) is 19.6. The van der Waals surface area contributed by atoms with Crippen molar-refractivity contribution in [3.05, 3.63) is 46.3 Å². The Balaban J connectivity index is 1.76. The molecule has 11 heteroatoms. The van der Waals surface area contributed by atoms with Gasteiger partial charge in [0.2, 0.25) is 15.9 Å². The lowest BCUT2D eigenvalue weighted by atomic mass is 10.3. The van der Waals surface area contributed by atoms with Crippen LogP contribution in [0.4, 0.5) is 11.5 Å². The third-order valence-electron chi connectivity index (χ3n) is 4.24. The van der Waals surface area contributed by atoms with Crippen LogP contribution in [0.25, 0.3) is 0 Å². The average molecular weight is 393 g/mol. The van der Waals surface area contributed by atoms with Gasteiger partial charge < -0.3 is 9.64 Å². The number of hydrogen-bond donors (Lipinski definition) is 0. The number of anilines is 1. The normalized spacial score (nSPS) is 15.6. The van der Waals surface area contributed by atoms with Gasteiger partial charge in [0.15, 0.2) is 0 Å². The highest BCUT2D eigenvalue weighted by molar-refractivity contribution is 7.89. The Bertz CT molecular complexity index is 957. The number of aromatic nitrogens is 2. The fraction of sp³-hybridized carbons (Fsp3) is 0.375. The second-order valence-electron chi connectivity index (χ2n) is 5.96. The molecule has 1 aromatic carbocycles. The first-order chi connectivity index (χ1) is 12.8. The summed E-state index contributed by atoms with van der Waals surface area (Å²) in [4.78, 5) is 20.7. The van der Waals surface area contributed by atoms with Gasteiger partial charge in [-0.05, 0) is 13.0 Å². The van der Waals surface area contributed by atoms with Crippen LogP contribution < -0.4 is 9.64 Å². The molecule has 1 saturated heterocycles. The minimum absolute atomic E-state index is 0.0790. The Morgan fingerprint density at radius 2 is 1.85 bits per heavy atom. The number of non-ortho nitro benzene ring substituents is 1. The largest absolute Gasteiger partial charge is 0.481 e. The van der Waals surface area contributed by atoms with Crippen molar-refractivity contribution in [3.8, 4) is 5.88 Å². The number of rotatable bonds is 5. The van der Waals surface area contributed by atoms with E-state index in [4.69, 9.17) is 4.74 Å². The van der Waals surface area contributed by atoms with E-state index in [0.717, 1.165) is 6.07 Å². The minimum atomic E-state index is -3.80. The van der Waals surface area contributed by atoms with Gasteiger partial charge in [-0.1, -0.05) is 6.07 Å². The summed E-state index contributed by atoms with van der Waals surface area (Å²) in [6.45, 7) is 3.13. The molecule has 0 N–H and O–H groups in total. The molecule has 1 fully saturated rings. The van der Waals surface area contributed by atoms with Crippen LogP contribution >= 0.6 is 0 Å². The Morgan fingerprint density at radius 3 is 2.48 bits per heavy atom. The van der Waals surface area contributed by atoms with Crippen molar-refractivity contribution in [3.63, 3.8) is 0 Å². The van der Waals surface area contributed by atoms with Crippen LogP contribution in [-0.4, -0.2) is 60.9 Å². The fourth-order valence-corrected chi connectivity index (χ4v) is 4.32. The smallest absolute Gasteiger partial charge is 0.270 e. The molecule has 27 heavy (non-hydrogen) atoms. The highest BCUT2D eigenvalue weighted by Crippen LogP contribution is 2.24. The van der Waals surface area contributed by atoms with Gasteiger partial charge in [0.25, 0.3) is 5.69 Å². The molecule has 0 aliphatic carbocycles. The van der Waals surface area contributed by atoms with Gasteiger partial charge in [0, 0.05) is 44.4 Å². The van der Waals surface area contributed by atoms with E-state index in [9.17, 15) is 18.5 Å². The predicted octanol–water partition coefficient (Wildman–Crippen LogP) is 1.21. The summed E-state index contributed by atoms with van der Waals surface area (Å²) in [5.74, 6) is 1.69. The number of ether oxygens (including phenoxy) is 1. The zero-order valence-electron chi connectivity index (χ0n) is 14.9. The molecular weight excluding hydrogens is 374 g/mol. The van der Waals surface area contributed by atoms with Gasteiger partial charge in [-0.25, -0.2) is 13.4 Å². The molecule has 0 spiro atoms. The number of nitro groups is 1.